The number of aliphatic imine (C=N–C) groups is 1. The molecule has 4 rings (SSSR count). The van der Waals surface area contributed by atoms with Gasteiger partial charge in [-0.05, 0) is 37.1 Å². The highest BCUT2D eigenvalue weighted by atomic mass is 16.5. The van der Waals surface area contributed by atoms with Crippen molar-refractivity contribution >= 4 is 11.9 Å². The van der Waals surface area contributed by atoms with Crippen LogP contribution in [0, 0.1) is 0 Å². The van der Waals surface area contributed by atoms with Crippen LogP contribution in [0.1, 0.15) is 24.8 Å². The van der Waals surface area contributed by atoms with Gasteiger partial charge in [0, 0.05) is 44.5 Å². The van der Waals surface area contributed by atoms with Crippen molar-refractivity contribution in [3.63, 3.8) is 0 Å². The summed E-state index contributed by atoms with van der Waals surface area (Å²) in [6, 6.07) is 10.4. The molecule has 1 aromatic carbocycles. The van der Waals surface area contributed by atoms with Crippen molar-refractivity contribution < 1.29 is 4.74 Å². The van der Waals surface area contributed by atoms with Crippen LogP contribution in [0.2, 0.25) is 0 Å². The van der Waals surface area contributed by atoms with Gasteiger partial charge in [-0.3, -0.25) is 0 Å². The van der Waals surface area contributed by atoms with Crippen LogP contribution < -0.4 is 15.4 Å². The third kappa shape index (κ3) is 4.13. The van der Waals surface area contributed by atoms with Crippen LogP contribution in [0.3, 0.4) is 0 Å². The molecule has 0 bridgehead atoms. The normalized spacial score (nSPS) is 22.6. The first-order valence-corrected chi connectivity index (χ1v) is 9.57. The maximum Gasteiger partial charge on any atom is 0.225 e. The number of piperazine rings is 1. The van der Waals surface area contributed by atoms with Crippen LogP contribution in [0.25, 0.3) is 0 Å². The zero-order valence-electron chi connectivity index (χ0n) is 15.7. The molecule has 142 valence electrons. The first-order chi connectivity index (χ1) is 13.2. The topological polar surface area (TPSA) is 79.9 Å². The second-order valence-electron chi connectivity index (χ2n) is 6.93. The summed E-state index contributed by atoms with van der Waals surface area (Å²) >= 11 is 0. The molecule has 2 fully saturated rings. The van der Waals surface area contributed by atoms with E-state index in [9.17, 15) is 0 Å². The van der Waals surface area contributed by atoms with Crippen LogP contribution >= 0.6 is 0 Å². The van der Waals surface area contributed by atoms with E-state index in [1.54, 1.807) is 12.4 Å². The lowest BCUT2D eigenvalue weighted by molar-refractivity contribution is 0.340. The first kappa shape index (κ1) is 17.6. The van der Waals surface area contributed by atoms with Gasteiger partial charge >= 0.3 is 0 Å². The third-order valence-electron chi connectivity index (χ3n) is 5.09. The highest BCUT2D eigenvalue weighted by Crippen LogP contribution is 2.44. The quantitative estimate of drug-likeness (QED) is 0.643. The van der Waals surface area contributed by atoms with Crippen molar-refractivity contribution in [2.75, 3.05) is 37.7 Å². The number of aromatic nitrogens is 2. The number of rotatable bonds is 5. The lowest BCUT2D eigenvalue weighted by Crippen LogP contribution is -2.51. The molecule has 1 aliphatic heterocycles. The van der Waals surface area contributed by atoms with E-state index in [1.807, 2.05) is 25.1 Å². The van der Waals surface area contributed by atoms with E-state index in [1.165, 1.54) is 5.56 Å². The summed E-state index contributed by atoms with van der Waals surface area (Å²) in [7, 11) is 0. The van der Waals surface area contributed by atoms with E-state index < -0.39 is 0 Å². The maximum atomic E-state index is 6.29. The molecule has 2 heterocycles. The largest absolute Gasteiger partial charge is 0.494 e. The van der Waals surface area contributed by atoms with Crippen molar-refractivity contribution in [3.05, 3.63) is 48.3 Å². The molecule has 27 heavy (non-hydrogen) atoms. The molecule has 0 spiro atoms. The Labute approximate surface area is 159 Å². The van der Waals surface area contributed by atoms with Gasteiger partial charge in [0.15, 0.2) is 5.96 Å². The Balaban J connectivity index is 1.32. The lowest BCUT2D eigenvalue weighted by Gasteiger charge is -2.35. The Morgan fingerprint density at radius 1 is 1.19 bits per heavy atom. The number of guanidine groups is 1. The molecule has 2 aliphatic rings. The second kappa shape index (κ2) is 7.82. The van der Waals surface area contributed by atoms with Crippen LogP contribution in [0.4, 0.5) is 5.95 Å². The number of ether oxygens (including phenoxy) is 1. The van der Waals surface area contributed by atoms with E-state index in [-0.39, 0.29) is 6.04 Å². The van der Waals surface area contributed by atoms with Gasteiger partial charge in [-0.2, -0.15) is 0 Å². The average Bonchev–Trinajstić information content (AvgIpc) is 3.48. The molecule has 1 saturated carbocycles. The Morgan fingerprint density at radius 3 is 2.70 bits per heavy atom. The summed E-state index contributed by atoms with van der Waals surface area (Å²) in [6.07, 6.45) is 4.60. The Morgan fingerprint density at radius 2 is 1.96 bits per heavy atom. The Bertz CT molecular complexity index is 788. The fraction of sp³-hybridized carbons (Fsp3) is 0.450. The maximum absolute atomic E-state index is 6.29. The predicted molar refractivity (Wildman–Crippen MR) is 106 cm³/mol. The summed E-state index contributed by atoms with van der Waals surface area (Å²) in [5.41, 5.74) is 7.58. The molecule has 2 atom stereocenters. The van der Waals surface area contributed by atoms with Crippen molar-refractivity contribution in [3.8, 4) is 5.75 Å². The van der Waals surface area contributed by atoms with Crippen molar-refractivity contribution in [1.82, 2.24) is 14.9 Å². The van der Waals surface area contributed by atoms with E-state index in [2.05, 4.69) is 31.9 Å². The number of nitrogens with zero attached hydrogens (tertiary/aromatic N) is 5. The summed E-state index contributed by atoms with van der Waals surface area (Å²) in [5.74, 6) is 2.81. The standard InChI is InChI=1S/C20H26N6O/c1-2-27-16-6-3-5-15(13-16)17-14-18(17)24-19(21)25-9-11-26(12-10-25)20-22-7-4-8-23-20/h3-8,13,17-18H,2,9-12,14H2,1H3,(H2,21,24)/t17-,18+/m0/s1. The molecule has 7 heteroatoms. The average molecular weight is 366 g/mol. The minimum atomic E-state index is 0.275. The van der Waals surface area contributed by atoms with Crippen molar-refractivity contribution in [2.45, 2.75) is 25.3 Å². The van der Waals surface area contributed by atoms with Gasteiger partial charge < -0.3 is 20.3 Å². The fourth-order valence-corrected chi connectivity index (χ4v) is 3.53. The summed E-state index contributed by atoms with van der Waals surface area (Å²) in [6.45, 7) is 6.06. The first-order valence-electron chi connectivity index (χ1n) is 9.57. The lowest BCUT2D eigenvalue weighted by atomic mass is 10.1. The van der Waals surface area contributed by atoms with Gasteiger partial charge in [-0.15, -0.1) is 0 Å². The molecule has 2 aromatic rings. The molecule has 1 aliphatic carbocycles. The van der Waals surface area contributed by atoms with Crippen LogP contribution in [-0.4, -0.2) is 59.7 Å². The molecule has 1 saturated heterocycles. The molecular weight excluding hydrogens is 340 g/mol. The minimum Gasteiger partial charge on any atom is -0.494 e. The highest BCUT2D eigenvalue weighted by Gasteiger charge is 2.39. The third-order valence-corrected chi connectivity index (χ3v) is 5.09. The number of nitrogens with two attached hydrogens (primary N) is 1. The Hall–Kier alpha value is -2.83. The zero-order valence-corrected chi connectivity index (χ0v) is 15.7. The SMILES string of the molecule is CCOc1cccc([C@@H]2C[C@H]2N=C(N)N2CCN(c3ncccn3)CC2)c1. The van der Waals surface area contributed by atoms with Crippen molar-refractivity contribution in [1.29, 1.82) is 0 Å². The van der Waals surface area contributed by atoms with Crippen LogP contribution in [-0.2, 0) is 0 Å². The van der Waals surface area contributed by atoms with Gasteiger partial charge in [-0.1, -0.05) is 12.1 Å². The number of benzene rings is 1. The highest BCUT2D eigenvalue weighted by molar-refractivity contribution is 5.79. The molecule has 2 N–H and O–H groups in total. The van der Waals surface area contributed by atoms with Gasteiger partial charge in [-0.25, -0.2) is 15.0 Å². The van der Waals surface area contributed by atoms with Gasteiger partial charge in [0.25, 0.3) is 0 Å². The fourth-order valence-electron chi connectivity index (χ4n) is 3.53. The van der Waals surface area contributed by atoms with Gasteiger partial charge in [0.05, 0.1) is 12.6 Å². The van der Waals surface area contributed by atoms with Crippen LogP contribution in [0.5, 0.6) is 5.75 Å². The zero-order chi connectivity index (χ0) is 18.6. The minimum absolute atomic E-state index is 0.275. The summed E-state index contributed by atoms with van der Waals surface area (Å²) in [4.78, 5) is 17.8. The van der Waals surface area contributed by atoms with Gasteiger partial charge in [0.1, 0.15) is 5.75 Å². The van der Waals surface area contributed by atoms with E-state index in [0.717, 1.165) is 44.3 Å². The molecule has 1 aromatic heterocycles. The Kier molecular flexibility index (Phi) is 5.09. The summed E-state index contributed by atoms with van der Waals surface area (Å²) < 4.78 is 5.60. The summed E-state index contributed by atoms with van der Waals surface area (Å²) in [5, 5.41) is 0. The number of hydrogen-bond donors (Lipinski definition) is 1. The van der Waals surface area contributed by atoms with Gasteiger partial charge in [0.2, 0.25) is 5.95 Å². The number of anilines is 1. The second-order valence-corrected chi connectivity index (χ2v) is 6.93. The molecule has 0 radical (unpaired) electrons. The molecule has 0 amide bonds. The molecule has 0 unspecified atom stereocenters. The smallest absolute Gasteiger partial charge is 0.225 e. The van der Waals surface area contributed by atoms with Crippen LogP contribution in [0.15, 0.2) is 47.7 Å². The monoisotopic (exact) mass is 366 g/mol. The van der Waals surface area contributed by atoms with E-state index >= 15 is 0 Å². The van der Waals surface area contributed by atoms with E-state index in [0.29, 0.717) is 18.5 Å². The molecule has 7 nitrogen and oxygen atoms in total. The van der Waals surface area contributed by atoms with E-state index in [4.69, 9.17) is 15.5 Å². The number of hydrogen-bond acceptors (Lipinski definition) is 5. The molecular formula is C20H26N6O. The van der Waals surface area contributed by atoms with Crippen molar-refractivity contribution in [2.24, 2.45) is 10.7 Å². The predicted octanol–water partition coefficient (Wildman–Crippen LogP) is 1.87.